The van der Waals surface area contributed by atoms with Crippen molar-refractivity contribution in [2.24, 2.45) is 0 Å². The highest BCUT2D eigenvalue weighted by Crippen LogP contribution is 2.24. The lowest BCUT2D eigenvalue weighted by molar-refractivity contribution is 0.0342. The van der Waals surface area contributed by atoms with Gasteiger partial charge in [0.2, 0.25) is 0 Å². The largest absolute Gasteiger partial charge is 0.507 e. The molecule has 0 atom stereocenters. The van der Waals surface area contributed by atoms with Gasteiger partial charge in [0.1, 0.15) is 17.1 Å². The minimum Gasteiger partial charge on any atom is -0.507 e. The highest BCUT2D eigenvalue weighted by atomic mass is 19.1. The molecule has 6 heteroatoms. The average molecular weight is 344 g/mol. The normalized spacial score (nSPS) is 15.1. The van der Waals surface area contributed by atoms with E-state index < -0.39 is 11.7 Å². The summed E-state index contributed by atoms with van der Waals surface area (Å²) < 4.78 is 19.2. The molecule has 1 aliphatic rings. The summed E-state index contributed by atoms with van der Waals surface area (Å²) in [6, 6.07) is 9.62. The fourth-order valence-electron chi connectivity index (χ4n) is 2.84. The maximum Gasteiger partial charge on any atom is 0.262 e. The minimum absolute atomic E-state index is 0.347. The number of aryl methyl sites for hydroxylation is 1. The number of aromatic hydroxyl groups is 1. The van der Waals surface area contributed by atoms with Crippen LogP contribution in [0.1, 0.15) is 21.5 Å². The van der Waals surface area contributed by atoms with E-state index in [9.17, 15) is 14.3 Å². The Hall–Kier alpha value is -2.44. The van der Waals surface area contributed by atoms with Crippen LogP contribution in [0.25, 0.3) is 0 Å². The van der Waals surface area contributed by atoms with Crippen LogP contribution in [0.5, 0.6) is 5.75 Å². The summed E-state index contributed by atoms with van der Waals surface area (Å²) in [5, 5.41) is 12.5. The van der Waals surface area contributed by atoms with Crippen LogP contribution in [0.2, 0.25) is 0 Å². The van der Waals surface area contributed by atoms with Crippen LogP contribution >= 0.6 is 0 Å². The van der Waals surface area contributed by atoms with Crippen molar-refractivity contribution >= 4 is 11.6 Å². The summed E-state index contributed by atoms with van der Waals surface area (Å²) in [7, 11) is 0. The van der Waals surface area contributed by atoms with Gasteiger partial charge in [0.25, 0.3) is 5.91 Å². The lowest BCUT2D eigenvalue weighted by Gasteiger charge is -2.26. The van der Waals surface area contributed by atoms with Gasteiger partial charge in [-0.25, -0.2) is 4.39 Å². The molecule has 2 aromatic carbocycles. The molecule has 0 aliphatic carbocycles. The van der Waals surface area contributed by atoms with Gasteiger partial charge in [0, 0.05) is 25.3 Å². The van der Waals surface area contributed by atoms with Crippen LogP contribution in [0, 0.1) is 12.7 Å². The lowest BCUT2D eigenvalue weighted by Crippen LogP contribution is -2.35. The Morgan fingerprint density at radius 2 is 2.04 bits per heavy atom. The topological polar surface area (TPSA) is 61.8 Å². The molecule has 1 amide bonds. The van der Waals surface area contributed by atoms with Crippen molar-refractivity contribution < 1.29 is 19.0 Å². The second kappa shape index (κ2) is 7.63. The molecule has 5 nitrogen and oxygen atoms in total. The summed E-state index contributed by atoms with van der Waals surface area (Å²) in [4.78, 5) is 14.7. The highest BCUT2D eigenvalue weighted by Gasteiger charge is 2.18. The quantitative estimate of drug-likeness (QED) is 0.895. The van der Waals surface area contributed by atoms with E-state index in [2.05, 4.69) is 10.2 Å². The smallest absolute Gasteiger partial charge is 0.262 e. The third kappa shape index (κ3) is 4.15. The molecule has 25 heavy (non-hydrogen) atoms. The van der Waals surface area contributed by atoms with Crippen LogP contribution < -0.4 is 5.32 Å². The molecule has 1 heterocycles. The molecule has 0 aromatic heterocycles. The molecule has 0 unspecified atom stereocenters. The zero-order valence-electron chi connectivity index (χ0n) is 14.1. The number of nitrogens with zero attached hydrogens (tertiary/aromatic N) is 1. The molecule has 0 bridgehead atoms. The molecule has 2 N–H and O–H groups in total. The van der Waals surface area contributed by atoms with Gasteiger partial charge in [0.15, 0.2) is 0 Å². The van der Waals surface area contributed by atoms with Crippen molar-refractivity contribution in [3.8, 4) is 5.75 Å². The second-order valence-electron chi connectivity index (χ2n) is 6.13. The zero-order valence-corrected chi connectivity index (χ0v) is 14.1. The Bertz CT molecular complexity index is 753. The summed E-state index contributed by atoms with van der Waals surface area (Å²) in [6.45, 7) is 5.83. The number of phenols is 1. The number of benzene rings is 2. The van der Waals surface area contributed by atoms with Gasteiger partial charge in [0.05, 0.1) is 13.2 Å². The first-order valence-electron chi connectivity index (χ1n) is 8.23. The first-order valence-corrected chi connectivity index (χ1v) is 8.23. The van der Waals surface area contributed by atoms with Gasteiger partial charge < -0.3 is 15.2 Å². The second-order valence-corrected chi connectivity index (χ2v) is 6.13. The number of anilines is 1. The monoisotopic (exact) mass is 344 g/mol. The maximum atomic E-state index is 13.9. The molecule has 132 valence electrons. The Morgan fingerprint density at radius 3 is 2.76 bits per heavy atom. The van der Waals surface area contributed by atoms with Gasteiger partial charge in [-0.15, -0.1) is 0 Å². The van der Waals surface area contributed by atoms with Crippen molar-refractivity contribution in [1.29, 1.82) is 0 Å². The molecule has 0 saturated carbocycles. The fraction of sp³-hybridized carbons (Fsp3) is 0.316. The molecule has 1 fully saturated rings. The highest BCUT2D eigenvalue weighted by molar-refractivity contribution is 6.06. The van der Waals surface area contributed by atoms with E-state index in [1.165, 1.54) is 12.1 Å². The molecule has 1 aliphatic heterocycles. The van der Waals surface area contributed by atoms with E-state index >= 15 is 0 Å². The number of hydrogen-bond acceptors (Lipinski definition) is 4. The fourth-order valence-corrected chi connectivity index (χ4v) is 2.84. The number of rotatable bonds is 4. The standard InChI is InChI=1S/C19H21FN2O3/c1-13-5-6-14(12-22-7-9-25-10-8-22)11-16(13)21-19(24)18-15(20)3-2-4-17(18)23/h2-6,11,23H,7-10,12H2,1H3,(H,21,24). The van der Waals surface area contributed by atoms with E-state index in [1.54, 1.807) is 0 Å². The van der Waals surface area contributed by atoms with Crippen molar-refractivity contribution in [3.05, 3.63) is 58.9 Å². The number of amides is 1. The number of carbonyl (C=O) groups excluding carboxylic acids is 1. The van der Waals surface area contributed by atoms with Crippen LogP contribution in [0.3, 0.4) is 0 Å². The SMILES string of the molecule is Cc1ccc(CN2CCOCC2)cc1NC(=O)c1c(O)cccc1F. The first kappa shape index (κ1) is 17.4. The van der Waals surface area contributed by atoms with Crippen molar-refractivity contribution in [1.82, 2.24) is 4.90 Å². The van der Waals surface area contributed by atoms with Crippen molar-refractivity contribution in [3.63, 3.8) is 0 Å². The Kier molecular flexibility index (Phi) is 5.31. The van der Waals surface area contributed by atoms with E-state index in [4.69, 9.17) is 4.74 Å². The van der Waals surface area contributed by atoms with Gasteiger partial charge in [-0.1, -0.05) is 18.2 Å². The lowest BCUT2D eigenvalue weighted by atomic mass is 10.1. The molecule has 3 rings (SSSR count). The summed E-state index contributed by atoms with van der Waals surface area (Å²) in [5.41, 5.74) is 2.19. The minimum atomic E-state index is -0.750. The van der Waals surface area contributed by atoms with Crippen molar-refractivity contribution in [2.75, 3.05) is 31.6 Å². The van der Waals surface area contributed by atoms with Crippen LogP contribution in [0.15, 0.2) is 36.4 Å². The Morgan fingerprint density at radius 1 is 1.28 bits per heavy atom. The van der Waals surface area contributed by atoms with Crippen molar-refractivity contribution in [2.45, 2.75) is 13.5 Å². The summed E-state index contributed by atoms with van der Waals surface area (Å²) >= 11 is 0. The summed E-state index contributed by atoms with van der Waals surface area (Å²) in [5.74, 6) is -1.79. The third-order valence-corrected chi connectivity index (χ3v) is 4.28. The average Bonchev–Trinajstić information content (AvgIpc) is 2.59. The third-order valence-electron chi connectivity index (χ3n) is 4.28. The number of ether oxygens (including phenoxy) is 1. The maximum absolute atomic E-state index is 13.9. The molecule has 0 radical (unpaired) electrons. The van der Waals surface area contributed by atoms with Crippen LogP contribution in [-0.4, -0.2) is 42.2 Å². The molecular formula is C19H21FN2O3. The number of nitrogens with one attached hydrogen (secondary N) is 1. The number of morpholine rings is 1. The number of carbonyl (C=O) groups is 1. The van der Waals surface area contributed by atoms with Gasteiger partial charge in [-0.05, 0) is 36.2 Å². The number of phenolic OH excluding ortho intramolecular Hbond substituents is 1. The first-order chi connectivity index (χ1) is 12.0. The Balaban J connectivity index is 1.77. The summed E-state index contributed by atoms with van der Waals surface area (Å²) in [6.07, 6.45) is 0. The Labute approximate surface area is 146 Å². The van der Waals surface area contributed by atoms with E-state index in [0.29, 0.717) is 5.69 Å². The van der Waals surface area contributed by atoms with Crippen LogP contribution in [-0.2, 0) is 11.3 Å². The molecule has 0 spiro atoms. The molecule has 2 aromatic rings. The molecular weight excluding hydrogens is 323 g/mol. The van der Waals surface area contributed by atoms with Gasteiger partial charge >= 0.3 is 0 Å². The van der Waals surface area contributed by atoms with Gasteiger partial charge in [-0.3, -0.25) is 9.69 Å². The van der Waals surface area contributed by atoms with E-state index in [-0.39, 0.29) is 11.3 Å². The number of halogens is 1. The van der Waals surface area contributed by atoms with Crippen LogP contribution in [0.4, 0.5) is 10.1 Å². The van der Waals surface area contributed by atoms with E-state index in [1.807, 2.05) is 25.1 Å². The predicted octanol–water partition coefficient (Wildman–Crippen LogP) is 2.92. The zero-order chi connectivity index (χ0) is 17.8. The van der Waals surface area contributed by atoms with E-state index in [0.717, 1.165) is 50.0 Å². The van der Waals surface area contributed by atoms with Gasteiger partial charge in [-0.2, -0.15) is 0 Å². The predicted molar refractivity (Wildman–Crippen MR) is 93.3 cm³/mol. The number of hydrogen-bond donors (Lipinski definition) is 2. The molecule has 1 saturated heterocycles.